The van der Waals surface area contributed by atoms with Crippen LogP contribution >= 0.6 is 23.2 Å². The Labute approximate surface area is 95.5 Å². The lowest BCUT2D eigenvalue weighted by Gasteiger charge is -2.14. The molecule has 0 heterocycles. The van der Waals surface area contributed by atoms with Crippen molar-refractivity contribution < 1.29 is 35.1 Å². The van der Waals surface area contributed by atoms with E-state index in [0.717, 1.165) is 0 Å². The maximum absolute atomic E-state index is 11.5. The molecule has 0 nitrogen and oxygen atoms in total. The molecule has 0 amide bonds. The van der Waals surface area contributed by atoms with Gasteiger partial charge in [0.1, 0.15) is 0 Å². The van der Waals surface area contributed by atoms with E-state index < -0.39 is 22.6 Å². The fourth-order valence-electron chi connectivity index (χ4n) is 0. The molecule has 0 bridgehead atoms. The monoisotopic (exact) mass is 300 g/mol. The molecule has 0 rings (SSSR count). The molecule has 10 heteroatoms. The number of halogens is 10. The molecule has 0 N–H and O–H groups in total. The van der Waals surface area contributed by atoms with E-state index >= 15 is 0 Å². The van der Waals surface area contributed by atoms with Crippen molar-refractivity contribution in [3.63, 3.8) is 0 Å². The van der Waals surface area contributed by atoms with Gasteiger partial charge in [0.25, 0.3) is 10.3 Å². The molecule has 100 valence electrons. The lowest BCUT2D eigenvalue weighted by atomic mass is 10.4. The van der Waals surface area contributed by atoms with E-state index in [9.17, 15) is 35.1 Å². The average Bonchev–Trinajstić information content (AvgIpc) is 1.77. The summed E-state index contributed by atoms with van der Waals surface area (Å²) < 4.78 is 89.4. The van der Waals surface area contributed by atoms with Gasteiger partial charge in [-0.15, -0.1) is 0 Å². The van der Waals surface area contributed by atoms with Crippen molar-refractivity contribution in [3.8, 4) is 0 Å². The maximum Gasteiger partial charge on any atom is 0.436 e. The van der Waals surface area contributed by atoms with Crippen LogP contribution in [0.2, 0.25) is 0 Å². The highest BCUT2D eigenvalue weighted by Crippen LogP contribution is 2.37. The summed E-state index contributed by atoms with van der Waals surface area (Å²) in [6.07, 6.45) is -9.93. The molecule has 0 aliphatic heterocycles. The van der Waals surface area contributed by atoms with Crippen LogP contribution < -0.4 is 0 Å². The molecule has 0 spiro atoms. The highest BCUT2D eigenvalue weighted by atomic mass is 35.5. The van der Waals surface area contributed by atoms with E-state index in [1.165, 1.54) is 0 Å². The Morgan fingerprint density at radius 1 is 0.562 bits per heavy atom. The molecule has 0 radical (unpaired) electrons. The Hall–Kier alpha value is 0.0200. The smallest absolute Gasteiger partial charge is 0.216 e. The Bertz CT molecular complexity index is 157. The normalized spacial score (nSPS) is 20.2. The summed E-state index contributed by atoms with van der Waals surface area (Å²) in [6, 6.07) is 0. The van der Waals surface area contributed by atoms with E-state index in [4.69, 9.17) is 0 Å². The van der Waals surface area contributed by atoms with E-state index in [2.05, 4.69) is 23.2 Å². The van der Waals surface area contributed by atoms with Crippen molar-refractivity contribution in [1.82, 2.24) is 0 Å². The third-order valence-corrected chi connectivity index (χ3v) is 1.42. The van der Waals surface area contributed by atoms with Gasteiger partial charge in [0.15, 0.2) is 0 Å². The largest absolute Gasteiger partial charge is 0.436 e. The summed E-state index contributed by atoms with van der Waals surface area (Å²) in [5.41, 5.74) is 0. The zero-order valence-corrected chi connectivity index (χ0v) is 9.29. The van der Waals surface area contributed by atoms with Crippen molar-refractivity contribution in [1.29, 1.82) is 0 Å². The zero-order chi connectivity index (χ0) is 14.0. The lowest BCUT2D eigenvalue weighted by molar-refractivity contribution is -0.192. The number of hydrogen-bond acceptors (Lipinski definition) is 0. The first-order valence-electron chi connectivity index (χ1n) is 3.39. The molecule has 0 saturated heterocycles. The Kier molecular flexibility index (Phi) is 5.88. The number of hydrogen-bond donors (Lipinski definition) is 0. The summed E-state index contributed by atoms with van der Waals surface area (Å²) in [6.45, 7) is 0.489. The van der Waals surface area contributed by atoms with Crippen molar-refractivity contribution in [3.05, 3.63) is 0 Å². The molecule has 0 aliphatic carbocycles. The predicted molar refractivity (Wildman–Crippen MR) is 42.8 cm³/mol. The first-order valence-corrected chi connectivity index (χ1v) is 4.15. The molecular formula is C6H6Cl2F8. The molecule has 2 atom stereocenters. The van der Waals surface area contributed by atoms with Gasteiger partial charge < -0.3 is 0 Å². The second-order valence-corrected chi connectivity index (χ2v) is 4.19. The van der Waals surface area contributed by atoms with Crippen LogP contribution in [0.1, 0.15) is 13.8 Å². The van der Waals surface area contributed by atoms with Crippen LogP contribution in [-0.2, 0) is 0 Å². The quantitative estimate of drug-likeness (QED) is 0.439. The van der Waals surface area contributed by atoms with Crippen LogP contribution in [-0.4, -0.2) is 22.6 Å². The van der Waals surface area contributed by atoms with Crippen molar-refractivity contribution in [2.75, 3.05) is 0 Å². The second-order valence-electron chi connectivity index (χ2n) is 2.77. The van der Waals surface area contributed by atoms with Crippen LogP contribution in [0.4, 0.5) is 35.1 Å². The second kappa shape index (κ2) is 5.12. The van der Waals surface area contributed by atoms with E-state index in [1.807, 2.05) is 0 Å². The molecular weight excluding hydrogens is 295 g/mol. The molecule has 16 heavy (non-hydrogen) atoms. The van der Waals surface area contributed by atoms with Crippen LogP contribution in [0.15, 0.2) is 0 Å². The van der Waals surface area contributed by atoms with Crippen LogP contribution in [0.25, 0.3) is 0 Å². The minimum Gasteiger partial charge on any atom is -0.216 e. The van der Waals surface area contributed by atoms with Crippen molar-refractivity contribution in [2.24, 2.45) is 0 Å². The van der Waals surface area contributed by atoms with Gasteiger partial charge in [0, 0.05) is 0 Å². The summed E-state index contributed by atoms with van der Waals surface area (Å²) in [4.78, 5) is 0. The standard InChI is InChI=1S/2C3H3ClF4/c2*1-2(4,5)3(6,7)8/h2*1H3. The van der Waals surface area contributed by atoms with Crippen LogP contribution in [0, 0.1) is 0 Å². The third kappa shape index (κ3) is 7.32. The SMILES string of the molecule is CC(F)(Cl)C(F)(F)F.CC(F)(Cl)C(F)(F)F. The van der Waals surface area contributed by atoms with Gasteiger partial charge in [-0.3, -0.25) is 0 Å². The Balaban J connectivity index is 0. The number of alkyl halides is 10. The first kappa shape index (κ1) is 18.4. The molecule has 2 unspecified atom stereocenters. The summed E-state index contributed by atoms with van der Waals surface area (Å²) in [5.74, 6) is 0. The summed E-state index contributed by atoms with van der Waals surface area (Å²) in [5, 5.41) is -7.18. The molecule has 0 aromatic rings. The van der Waals surface area contributed by atoms with Crippen LogP contribution in [0.5, 0.6) is 0 Å². The van der Waals surface area contributed by atoms with E-state index in [0.29, 0.717) is 0 Å². The van der Waals surface area contributed by atoms with E-state index in [1.54, 1.807) is 0 Å². The van der Waals surface area contributed by atoms with Crippen LogP contribution in [0.3, 0.4) is 0 Å². The molecule has 0 aromatic carbocycles. The minimum absolute atomic E-state index is 0.245. The van der Waals surface area contributed by atoms with Gasteiger partial charge in [-0.2, -0.15) is 26.3 Å². The van der Waals surface area contributed by atoms with Gasteiger partial charge in [-0.05, 0) is 13.8 Å². The Morgan fingerprint density at radius 2 is 0.625 bits per heavy atom. The maximum atomic E-state index is 11.5. The van der Waals surface area contributed by atoms with Gasteiger partial charge in [-0.25, -0.2) is 8.78 Å². The zero-order valence-electron chi connectivity index (χ0n) is 7.78. The van der Waals surface area contributed by atoms with Gasteiger partial charge in [-0.1, -0.05) is 23.2 Å². The summed E-state index contributed by atoms with van der Waals surface area (Å²) in [7, 11) is 0. The van der Waals surface area contributed by atoms with Crippen molar-refractivity contribution in [2.45, 2.75) is 36.5 Å². The van der Waals surface area contributed by atoms with Gasteiger partial charge >= 0.3 is 12.4 Å². The minimum atomic E-state index is -4.96. The number of rotatable bonds is 0. The molecule has 0 saturated carbocycles. The average molecular weight is 301 g/mol. The highest BCUT2D eigenvalue weighted by Gasteiger charge is 2.51. The topological polar surface area (TPSA) is 0 Å². The molecule has 0 aromatic heterocycles. The first-order chi connectivity index (χ1) is 6.50. The molecule has 0 fully saturated rings. The molecule has 0 aliphatic rings. The fraction of sp³-hybridized carbons (Fsp3) is 1.00. The lowest BCUT2D eigenvalue weighted by Crippen LogP contribution is -2.31. The van der Waals surface area contributed by atoms with Gasteiger partial charge in [0.05, 0.1) is 0 Å². The Morgan fingerprint density at radius 3 is 0.625 bits per heavy atom. The van der Waals surface area contributed by atoms with Gasteiger partial charge in [0.2, 0.25) is 0 Å². The highest BCUT2D eigenvalue weighted by molar-refractivity contribution is 6.23. The van der Waals surface area contributed by atoms with E-state index in [-0.39, 0.29) is 13.8 Å². The fourth-order valence-corrected chi connectivity index (χ4v) is 0. The third-order valence-electron chi connectivity index (χ3n) is 0.996. The summed E-state index contributed by atoms with van der Waals surface area (Å²) >= 11 is 8.44. The van der Waals surface area contributed by atoms with Crippen molar-refractivity contribution >= 4 is 23.2 Å². The predicted octanol–water partition coefficient (Wildman–Crippen LogP) is 4.95.